The smallest absolute Gasteiger partial charge is 0.289 e. The maximum absolute atomic E-state index is 11.2. The van der Waals surface area contributed by atoms with E-state index < -0.39 is 16.8 Å². The van der Waals surface area contributed by atoms with E-state index in [0.29, 0.717) is 6.08 Å². The van der Waals surface area contributed by atoms with Crippen molar-refractivity contribution < 1.29 is 19.6 Å². The Morgan fingerprint density at radius 2 is 2.00 bits per heavy atom. The lowest BCUT2D eigenvalue weighted by Crippen LogP contribution is -2.20. The molecule has 1 aromatic carbocycles. The van der Waals surface area contributed by atoms with Gasteiger partial charge >= 0.3 is 0 Å². The Morgan fingerprint density at radius 1 is 1.33 bits per heavy atom. The summed E-state index contributed by atoms with van der Waals surface area (Å²) >= 11 is 5.58. The number of carboxylic acid groups (broad SMARTS) is 1. The number of carboxylic acids is 1. The lowest BCUT2D eigenvalue weighted by molar-refractivity contribution is -0.384. The highest BCUT2D eigenvalue weighted by atomic mass is 35.5. The molecule has 7 nitrogen and oxygen atoms in total. The van der Waals surface area contributed by atoms with Crippen LogP contribution in [0.5, 0.6) is 0 Å². The van der Waals surface area contributed by atoms with Crippen molar-refractivity contribution in [2.24, 2.45) is 0 Å². The molecule has 0 aliphatic rings. The van der Waals surface area contributed by atoms with Crippen molar-refractivity contribution in [3.8, 4) is 0 Å². The van der Waals surface area contributed by atoms with Gasteiger partial charge in [0.05, 0.1) is 10.9 Å². The van der Waals surface area contributed by atoms with E-state index in [9.17, 15) is 24.8 Å². The quantitative estimate of drug-likeness (QED) is 0.486. The molecule has 94 valence electrons. The van der Waals surface area contributed by atoms with Crippen molar-refractivity contribution in [1.82, 2.24) is 0 Å². The number of anilines is 1. The number of hydrogen-bond acceptors (Lipinski definition) is 5. The summed E-state index contributed by atoms with van der Waals surface area (Å²) in [6.07, 6.45) is 1.27. The van der Waals surface area contributed by atoms with Crippen LogP contribution in [-0.4, -0.2) is 16.8 Å². The van der Waals surface area contributed by atoms with Crippen molar-refractivity contribution in [2.75, 3.05) is 5.32 Å². The van der Waals surface area contributed by atoms with Gasteiger partial charge in [-0.2, -0.15) is 0 Å². The van der Waals surface area contributed by atoms with Gasteiger partial charge in [0.1, 0.15) is 5.02 Å². The summed E-state index contributed by atoms with van der Waals surface area (Å²) in [7, 11) is 0. The fourth-order valence-corrected chi connectivity index (χ4v) is 1.24. The topological polar surface area (TPSA) is 112 Å². The highest BCUT2D eigenvalue weighted by Gasteiger charge is 2.13. The van der Waals surface area contributed by atoms with E-state index >= 15 is 0 Å². The number of carbonyl (C=O) groups excluding carboxylic acids is 2. The molecule has 1 rings (SSSR count). The second-order valence-electron chi connectivity index (χ2n) is 3.06. The van der Waals surface area contributed by atoms with Crippen LogP contribution >= 0.6 is 11.6 Å². The number of benzene rings is 1. The number of nitro groups is 1. The first-order valence-electron chi connectivity index (χ1n) is 4.54. The molecule has 8 heteroatoms. The van der Waals surface area contributed by atoms with E-state index in [0.717, 1.165) is 12.1 Å². The summed E-state index contributed by atoms with van der Waals surface area (Å²) in [4.78, 5) is 31.1. The molecule has 0 aliphatic carbocycles. The van der Waals surface area contributed by atoms with Gasteiger partial charge in [-0.3, -0.25) is 14.9 Å². The Bertz CT molecular complexity index is 541. The Balaban J connectivity index is 2.86. The van der Waals surface area contributed by atoms with Crippen molar-refractivity contribution in [3.05, 3.63) is 45.5 Å². The van der Waals surface area contributed by atoms with Gasteiger partial charge in [0.2, 0.25) is 5.91 Å². The van der Waals surface area contributed by atoms with Gasteiger partial charge in [0.15, 0.2) is 0 Å². The molecule has 1 N–H and O–H groups in total. The van der Waals surface area contributed by atoms with Crippen LogP contribution in [0.4, 0.5) is 11.4 Å². The first-order valence-corrected chi connectivity index (χ1v) is 4.92. The summed E-state index contributed by atoms with van der Waals surface area (Å²) in [5, 5.41) is 22.8. The molecule has 0 spiro atoms. The standard InChI is InChI=1S/C10H7ClN2O5/c11-7-2-1-6(5-8(7)13(17)18)12-9(14)3-4-10(15)16/h1-5H,(H,12,14)(H,15,16)/p-1/b4-3+. The fraction of sp³-hybridized carbons (Fsp3) is 0. The molecule has 0 saturated carbocycles. The van der Waals surface area contributed by atoms with Crippen molar-refractivity contribution in [1.29, 1.82) is 0 Å². The van der Waals surface area contributed by atoms with Gasteiger partial charge < -0.3 is 15.2 Å². The zero-order valence-corrected chi connectivity index (χ0v) is 9.51. The molecule has 0 saturated heterocycles. The van der Waals surface area contributed by atoms with E-state index in [-0.39, 0.29) is 16.4 Å². The highest BCUT2D eigenvalue weighted by molar-refractivity contribution is 6.32. The molecule has 1 amide bonds. The molecule has 18 heavy (non-hydrogen) atoms. The van der Waals surface area contributed by atoms with Crippen LogP contribution in [0.1, 0.15) is 0 Å². The molecule has 0 aromatic heterocycles. The average Bonchev–Trinajstić information content (AvgIpc) is 2.28. The maximum Gasteiger partial charge on any atom is 0.289 e. The maximum atomic E-state index is 11.2. The Hall–Kier alpha value is -2.41. The number of nitrogens with zero attached hydrogens (tertiary/aromatic N) is 1. The van der Waals surface area contributed by atoms with E-state index in [1.54, 1.807) is 0 Å². The van der Waals surface area contributed by atoms with Crippen LogP contribution in [0, 0.1) is 10.1 Å². The zero-order chi connectivity index (χ0) is 13.7. The summed E-state index contributed by atoms with van der Waals surface area (Å²) in [6, 6.07) is 3.66. The largest absolute Gasteiger partial charge is 0.545 e. The third-order valence-corrected chi connectivity index (χ3v) is 2.10. The van der Waals surface area contributed by atoms with E-state index in [4.69, 9.17) is 11.6 Å². The van der Waals surface area contributed by atoms with E-state index in [1.807, 2.05) is 0 Å². The zero-order valence-electron chi connectivity index (χ0n) is 8.75. The Morgan fingerprint density at radius 3 is 2.56 bits per heavy atom. The number of hydrogen-bond donors (Lipinski definition) is 1. The van der Waals surface area contributed by atoms with Crippen LogP contribution in [-0.2, 0) is 9.59 Å². The monoisotopic (exact) mass is 269 g/mol. The van der Waals surface area contributed by atoms with Crippen molar-refractivity contribution in [2.45, 2.75) is 0 Å². The number of nitrogens with one attached hydrogen (secondary N) is 1. The van der Waals surface area contributed by atoms with Crippen molar-refractivity contribution >= 4 is 34.9 Å². The molecular weight excluding hydrogens is 264 g/mol. The molecule has 0 unspecified atom stereocenters. The fourth-order valence-electron chi connectivity index (χ4n) is 1.06. The molecule has 1 aromatic rings. The first-order chi connectivity index (χ1) is 8.40. The number of rotatable bonds is 4. The molecular formula is C10H6ClN2O5-. The minimum Gasteiger partial charge on any atom is -0.545 e. The third-order valence-electron chi connectivity index (χ3n) is 1.78. The predicted octanol–water partition coefficient (Wildman–Crippen LogP) is 0.493. The van der Waals surface area contributed by atoms with Gasteiger partial charge in [-0.05, 0) is 18.2 Å². The van der Waals surface area contributed by atoms with Gasteiger partial charge in [-0.15, -0.1) is 0 Å². The molecule has 0 aliphatic heterocycles. The van der Waals surface area contributed by atoms with Crippen LogP contribution in [0.3, 0.4) is 0 Å². The number of nitro benzene ring substituents is 1. The highest BCUT2D eigenvalue weighted by Crippen LogP contribution is 2.27. The summed E-state index contributed by atoms with van der Waals surface area (Å²) < 4.78 is 0. The predicted molar refractivity (Wildman–Crippen MR) is 60.9 cm³/mol. The molecule has 0 heterocycles. The number of amides is 1. The molecule has 0 fully saturated rings. The second kappa shape index (κ2) is 5.78. The summed E-state index contributed by atoms with van der Waals surface area (Å²) in [5.41, 5.74) is -0.238. The minimum atomic E-state index is -1.52. The van der Waals surface area contributed by atoms with Crippen LogP contribution in [0.15, 0.2) is 30.4 Å². The summed E-state index contributed by atoms with van der Waals surface area (Å²) in [6.45, 7) is 0. The normalized spacial score (nSPS) is 10.3. The number of carbonyl (C=O) groups is 2. The van der Waals surface area contributed by atoms with Gasteiger partial charge in [-0.25, -0.2) is 0 Å². The molecule has 0 bridgehead atoms. The van der Waals surface area contributed by atoms with Crippen molar-refractivity contribution in [3.63, 3.8) is 0 Å². The van der Waals surface area contributed by atoms with E-state index in [1.165, 1.54) is 12.1 Å². The number of halogens is 1. The van der Waals surface area contributed by atoms with Gasteiger partial charge in [0.25, 0.3) is 5.69 Å². The Kier molecular flexibility index (Phi) is 4.39. The molecule has 0 atom stereocenters. The molecule has 0 radical (unpaired) electrons. The average molecular weight is 270 g/mol. The first kappa shape index (κ1) is 13.7. The minimum absolute atomic E-state index is 0.0664. The van der Waals surface area contributed by atoms with Crippen LogP contribution in [0.25, 0.3) is 0 Å². The van der Waals surface area contributed by atoms with Gasteiger partial charge in [0, 0.05) is 17.8 Å². The SMILES string of the molecule is O=C([O-])/C=C/C(=O)Nc1ccc(Cl)c([N+](=O)[O-])c1. The lowest BCUT2D eigenvalue weighted by Gasteiger charge is -2.03. The number of aliphatic carboxylic acids is 1. The summed E-state index contributed by atoms with van der Waals surface area (Å²) in [5.74, 6) is -2.27. The van der Waals surface area contributed by atoms with Crippen LogP contribution < -0.4 is 10.4 Å². The van der Waals surface area contributed by atoms with Crippen LogP contribution in [0.2, 0.25) is 5.02 Å². The van der Waals surface area contributed by atoms with Gasteiger partial charge in [-0.1, -0.05) is 11.6 Å². The third kappa shape index (κ3) is 3.87. The van der Waals surface area contributed by atoms with E-state index in [2.05, 4.69) is 5.32 Å². The lowest BCUT2D eigenvalue weighted by atomic mass is 10.2. The second-order valence-corrected chi connectivity index (χ2v) is 3.47. The Labute approximate surface area is 106 Å².